The standard InChI is InChI=1S/C13H19N5O3/c1-8-11(12(21)16(3)6-5-10(19)20)9(2)18-13(17(8)4)14-7-15-18/h7,9H,5-6H2,1-4H3,(H,19,20). The van der Waals surface area contributed by atoms with Gasteiger partial charge >= 0.3 is 5.97 Å². The summed E-state index contributed by atoms with van der Waals surface area (Å²) in [7, 11) is 3.43. The van der Waals surface area contributed by atoms with Crippen molar-refractivity contribution in [1.82, 2.24) is 19.7 Å². The van der Waals surface area contributed by atoms with Gasteiger partial charge in [-0.15, -0.1) is 0 Å². The van der Waals surface area contributed by atoms with E-state index in [1.807, 2.05) is 25.8 Å². The molecule has 0 spiro atoms. The summed E-state index contributed by atoms with van der Waals surface area (Å²) in [6.45, 7) is 3.91. The third-order valence-corrected chi connectivity index (χ3v) is 3.77. The third-order valence-electron chi connectivity index (χ3n) is 3.77. The number of carbonyl (C=O) groups is 2. The molecule has 1 aromatic heterocycles. The summed E-state index contributed by atoms with van der Waals surface area (Å²) in [5, 5.41) is 12.9. The number of likely N-dealkylation sites (N-methyl/N-ethyl adjacent to an activating group) is 1. The fourth-order valence-electron chi connectivity index (χ4n) is 2.42. The molecule has 1 unspecified atom stereocenters. The molecule has 1 aromatic rings. The maximum absolute atomic E-state index is 12.6. The Labute approximate surface area is 122 Å². The van der Waals surface area contributed by atoms with Gasteiger partial charge in [-0.1, -0.05) is 0 Å². The number of amides is 1. The third kappa shape index (κ3) is 2.61. The molecule has 1 amide bonds. The van der Waals surface area contributed by atoms with Gasteiger partial charge in [0.25, 0.3) is 5.91 Å². The number of hydrogen-bond acceptors (Lipinski definition) is 5. The Kier molecular flexibility index (Phi) is 3.97. The van der Waals surface area contributed by atoms with Gasteiger partial charge < -0.3 is 14.9 Å². The molecule has 1 N–H and O–H groups in total. The molecule has 1 aliphatic rings. The van der Waals surface area contributed by atoms with Crippen molar-refractivity contribution in [2.45, 2.75) is 26.3 Å². The number of aliphatic carboxylic acids is 1. The predicted molar refractivity (Wildman–Crippen MR) is 75.7 cm³/mol. The monoisotopic (exact) mass is 293 g/mol. The van der Waals surface area contributed by atoms with E-state index in [0.29, 0.717) is 11.5 Å². The van der Waals surface area contributed by atoms with Crippen LogP contribution in [0.25, 0.3) is 0 Å². The van der Waals surface area contributed by atoms with E-state index >= 15 is 0 Å². The second-order valence-electron chi connectivity index (χ2n) is 5.11. The maximum atomic E-state index is 12.6. The van der Waals surface area contributed by atoms with E-state index < -0.39 is 5.97 Å². The van der Waals surface area contributed by atoms with E-state index in [1.54, 1.807) is 11.7 Å². The first-order valence-electron chi connectivity index (χ1n) is 6.65. The number of fused-ring (bicyclic) bond motifs is 1. The van der Waals surface area contributed by atoms with Crippen molar-refractivity contribution < 1.29 is 14.7 Å². The number of nitrogens with zero attached hydrogens (tertiary/aromatic N) is 5. The van der Waals surface area contributed by atoms with Gasteiger partial charge in [-0.05, 0) is 13.8 Å². The lowest BCUT2D eigenvalue weighted by Crippen LogP contribution is -2.38. The lowest BCUT2D eigenvalue weighted by molar-refractivity contribution is -0.137. The van der Waals surface area contributed by atoms with E-state index in [2.05, 4.69) is 10.1 Å². The van der Waals surface area contributed by atoms with Crippen LogP contribution in [0.3, 0.4) is 0 Å². The lowest BCUT2D eigenvalue weighted by atomic mass is 10.0. The van der Waals surface area contributed by atoms with Gasteiger partial charge in [0.2, 0.25) is 5.95 Å². The summed E-state index contributed by atoms with van der Waals surface area (Å²) in [6.07, 6.45) is 1.38. The van der Waals surface area contributed by atoms with Crippen LogP contribution in [-0.4, -0.2) is 57.3 Å². The number of rotatable bonds is 4. The summed E-state index contributed by atoms with van der Waals surface area (Å²) in [6, 6.07) is -0.238. The van der Waals surface area contributed by atoms with Crippen LogP contribution in [0, 0.1) is 0 Å². The fourth-order valence-corrected chi connectivity index (χ4v) is 2.42. The normalized spacial score (nSPS) is 17.7. The van der Waals surface area contributed by atoms with Crippen molar-refractivity contribution >= 4 is 17.8 Å². The van der Waals surface area contributed by atoms with Crippen LogP contribution in [-0.2, 0) is 9.59 Å². The minimum absolute atomic E-state index is 0.0760. The highest BCUT2D eigenvalue weighted by atomic mass is 16.4. The van der Waals surface area contributed by atoms with Gasteiger partial charge in [-0.2, -0.15) is 10.1 Å². The van der Waals surface area contributed by atoms with Crippen molar-refractivity contribution in [3.05, 3.63) is 17.6 Å². The first-order valence-corrected chi connectivity index (χ1v) is 6.65. The first-order chi connectivity index (χ1) is 9.84. The summed E-state index contributed by atoms with van der Waals surface area (Å²) < 4.78 is 1.69. The van der Waals surface area contributed by atoms with Gasteiger partial charge in [0.15, 0.2) is 0 Å². The highest BCUT2D eigenvalue weighted by molar-refractivity contribution is 5.96. The molecule has 2 rings (SSSR count). The molecule has 0 saturated carbocycles. The Morgan fingerprint density at radius 3 is 2.76 bits per heavy atom. The molecule has 0 radical (unpaired) electrons. The van der Waals surface area contributed by atoms with Crippen molar-refractivity contribution in [3.63, 3.8) is 0 Å². The predicted octanol–water partition coefficient (Wildman–Crippen LogP) is 0.496. The molecule has 8 heteroatoms. The zero-order valence-corrected chi connectivity index (χ0v) is 12.6. The van der Waals surface area contributed by atoms with Gasteiger partial charge in [0.1, 0.15) is 6.33 Å². The molecule has 0 aromatic carbocycles. The topological polar surface area (TPSA) is 91.6 Å². The van der Waals surface area contributed by atoms with Crippen molar-refractivity contribution in [3.8, 4) is 0 Å². The quantitative estimate of drug-likeness (QED) is 0.869. The molecule has 21 heavy (non-hydrogen) atoms. The number of hydrogen-bond donors (Lipinski definition) is 1. The molecule has 0 saturated heterocycles. The second kappa shape index (κ2) is 5.55. The van der Waals surface area contributed by atoms with Gasteiger partial charge in [-0.3, -0.25) is 9.59 Å². The van der Waals surface area contributed by atoms with Crippen LogP contribution >= 0.6 is 0 Å². The molecule has 0 bridgehead atoms. The van der Waals surface area contributed by atoms with E-state index in [0.717, 1.165) is 5.70 Å². The Morgan fingerprint density at radius 1 is 1.48 bits per heavy atom. The highest BCUT2D eigenvalue weighted by Crippen LogP contribution is 2.32. The summed E-state index contributed by atoms with van der Waals surface area (Å²) >= 11 is 0. The second-order valence-corrected chi connectivity index (χ2v) is 5.11. The molecular formula is C13H19N5O3. The summed E-state index contributed by atoms with van der Waals surface area (Å²) in [5.41, 5.74) is 1.40. The Hall–Kier alpha value is -2.38. The zero-order chi connectivity index (χ0) is 15.7. The van der Waals surface area contributed by atoms with Crippen molar-refractivity contribution in [2.24, 2.45) is 0 Å². The molecule has 2 heterocycles. The average molecular weight is 293 g/mol. The van der Waals surface area contributed by atoms with Crippen LogP contribution in [0.1, 0.15) is 26.3 Å². The van der Waals surface area contributed by atoms with Gasteiger partial charge in [-0.25, -0.2) is 4.68 Å². The van der Waals surface area contributed by atoms with E-state index in [9.17, 15) is 9.59 Å². The smallest absolute Gasteiger partial charge is 0.305 e. The first kappa shape index (κ1) is 15.0. The molecule has 1 atom stereocenters. The summed E-state index contributed by atoms with van der Waals surface area (Å²) in [4.78, 5) is 30.6. The minimum Gasteiger partial charge on any atom is -0.481 e. The SMILES string of the molecule is CC1=C(C(=O)N(C)CCC(=O)O)C(C)n2ncnc2N1C. The summed E-state index contributed by atoms with van der Waals surface area (Å²) in [5.74, 6) is -0.424. The maximum Gasteiger partial charge on any atom is 0.305 e. The highest BCUT2D eigenvalue weighted by Gasteiger charge is 2.33. The van der Waals surface area contributed by atoms with Gasteiger partial charge in [0.05, 0.1) is 18.0 Å². The van der Waals surface area contributed by atoms with Crippen molar-refractivity contribution in [1.29, 1.82) is 0 Å². The molecule has 114 valence electrons. The van der Waals surface area contributed by atoms with Gasteiger partial charge in [0, 0.05) is 26.3 Å². The molecule has 1 aliphatic heterocycles. The average Bonchev–Trinajstić information content (AvgIpc) is 2.92. The zero-order valence-electron chi connectivity index (χ0n) is 12.6. The number of carboxylic acids is 1. The number of allylic oxidation sites excluding steroid dienone is 1. The van der Waals surface area contributed by atoms with Crippen molar-refractivity contribution in [2.75, 3.05) is 25.5 Å². The fraction of sp³-hybridized carbons (Fsp3) is 0.538. The molecule has 0 fully saturated rings. The lowest BCUT2D eigenvalue weighted by Gasteiger charge is -2.33. The van der Waals surface area contributed by atoms with E-state index in [4.69, 9.17) is 5.11 Å². The number of aromatic nitrogens is 3. The van der Waals surface area contributed by atoms with Crippen LogP contribution < -0.4 is 4.90 Å². The Morgan fingerprint density at radius 2 is 2.14 bits per heavy atom. The minimum atomic E-state index is -0.923. The van der Waals surface area contributed by atoms with E-state index in [-0.39, 0.29) is 24.9 Å². The molecular weight excluding hydrogens is 274 g/mol. The largest absolute Gasteiger partial charge is 0.481 e. The van der Waals surface area contributed by atoms with Crippen LogP contribution in [0.15, 0.2) is 17.6 Å². The number of carbonyl (C=O) groups excluding carboxylic acids is 1. The molecule has 8 nitrogen and oxygen atoms in total. The van der Waals surface area contributed by atoms with E-state index in [1.165, 1.54) is 11.2 Å². The van der Waals surface area contributed by atoms with Crippen LogP contribution in [0.5, 0.6) is 0 Å². The van der Waals surface area contributed by atoms with Crippen LogP contribution in [0.2, 0.25) is 0 Å². The Balaban J connectivity index is 2.27. The van der Waals surface area contributed by atoms with Crippen LogP contribution in [0.4, 0.5) is 5.95 Å². The molecule has 0 aliphatic carbocycles. The Bertz CT molecular complexity index is 607. The number of carboxylic acid groups (broad SMARTS) is 1. The number of anilines is 1.